The zero-order valence-electron chi connectivity index (χ0n) is 11.5. The molecule has 0 fully saturated rings. The molecular weight excluding hydrogens is 284 g/mol. The predicted octanol–water partition coefficient (Wildman–Crippen LogP) is 4.73. The van der Waals surface area contributed by atoms with E-state index in [-0.39, 0.29) is 5.78 Å². The van der Waals surface area contributed by atoms with Crippen LogP contribution in [0, 0.1) is 0 Å². The highest BCUT2D eigenvalue weighted by Gasteiger charge is 2.14. The highest BCUT2D eigenvalue weighted by molar-refractivity contribution is 6.32. The average Bonchev–Trinajstić information content (AvgIpc) is 2.53. The summed E-state index contributed by atoms with van der Waals surface area (Å²) in [6.45, 7) is 0. The van der Waals surface area contributed by atoms with Gasteiger partial charge >= 0.3 is 0 Å². The fraction of sp³-hybridized carbons (Fsp3) is 0.0556. The highest BCUT2D eigenvalue weighted by Crippen LogP contribution is 2.27. The Morgan fingerprint density at radius 1 is 1.00 bits per heavy atom. The second kappa shape index (κ2) is 5.58. The van der Waals surface area contributed by atoms with Crippen molar-refractivity contribution in [3.63, 3.8) is 0 Å². The molecule has 0 spiro atoms. The van der Waals surface area contributed by atoms with E-state index in [1.165, 1.54) is 0 Å². The molecule has 0 unspecified atom stereocenters. The van der Waals surface area contributed by atoms with Crippen LogP contribution in [0.15, 0.2) is 60.7 Å². The van der Waals surface area contributed by atoms with Crippen LogP contribution in [0.5, 0.6) is 5.75 Å². The number of ketones is 1. The van der Waals surface area contributed by atoms with Gasteiger partial charge in [0, 0.05) is 11.1 Å². The average molecular weight is 297 g/mol. The summed E-state index contributed by atoms with van der Waals surface area (Å²) in [5, 5.41) is 2.42. The van der Waals surface area contributed by atoms with E-state index >= 15 is 0 Å². The summed E-state index contributed by atoms with van der Waals surface area (Å²) in [5.74, 6) is 0.516. The van der Waals surface area contributed by atoms with Gasteiger partial charge in [-0.25, -0.2) is 0 Å². The number of ether oxygens (including phenoxy) is 1. The van der Waals surface area contributed by atoms with Gasteiger partial charge < -0.3 is 4.74 Å². The van der Waals surface area contributed by atoms with E-state index in [0.29, 0.717) is 21.9 Å². The predicted molar refractivity (Wildman–Crippen MR) is 85.4 cm³/mol. The zero-order chi connectivity index (χ0) is 14.8. The van der Waals surface area contributed by atoms with E-state index in [1.807, 2.05) is 42.5 Å². The van der Waals surface area contributed by atoms with Gasteiger partial charge in [-0.2, -0.15) is 0 Å². The quantitative estimate of drug-likeness (QED) is 0.653. The van der Waals surface area contributed by atoms with Gasteiger partial charge in [0.15, 0.2) is 5.78 Å². The number of hydrogen-bond donors (Lipinski definition) is 0. The van der Waals surface area contributed by atoms with Crippen LogP contribution >= 0.6 is 11.6 Å². The first-order chi connectivity index (χ1) is 10.2. The monoisotopic (exact) mass is 296 g/mol. The van der Waals surface area contributed by atoms with Crippen LogP contribution in [0.3, 0.4) is 0 Å². The summed E-state index contributed by atoms with van der Waals surface area (Å²) in [5.41, 5.74) is 1.23. The van der Waals surface area contributed by atoms with Crippen molar-refractivity contribution in [2.24, 2.45) is 0 Å². The van der Waals surface area contributed by atoms with Crippen molar-refractivity contribution >= 4 is 28.2 Å². The Morgan fingerprint density at radius 2 is 1.76 bits per heavy atom. The van der Waals surface area contributed by atoms with Crippen molar-refractivity contribution in [3.05, 3.63) is 76.8 Å². The Balaban J connectivity index is 2.10. The lowest BCUT2D eigenvalue weighted by molar-refractivity contribution is 0.104. The Hall–Kier alpha value is -2.32. The van der Waals surface area contributed by atoms with Crippen molar-refractivity contribution in [2.45, 2.75) is 0 Å². The summed E-state index contributed by atoms with van der Waals surface area (Å²) in [4.78, 5) is 12.7. The molecule has 0 aliphatic heterocycles. The van der Waals surface area contributed by atoms with Crippen LogP contribution in [0.25, 0.3) is 10.8 Å². The molecule has 0 saturated heterocycles. The molecule has 2 nitrogen and oxygen atoms in total. The Kier molecular flexibility index (Phi) is 3.63. The molecule has 21 heavy (non-hydrogen) atoms. The molecule has 3 rings (SSSR count). The molecule has 0 heterocycles. The largest absolute Gasteiger partial charge is 0.495 e. The minimum atomic E-state index is -0.0450. The molecule has 0 aliphatic rings. The van der Waals surface area contributed by atoms with Crippen LogP contribution in [-0.2, 0) is 0 Å². The molecule has 0 saturated carbocycles. The van der Waals surface area contributed by atoms with Crippen molar-refractivity contribution in [2.75, 3.05) is 7.11 Å². The molecule has 0 bridgehead atoms. The van der Waals surface area contributed by atoms with E-state index in [2.05, 4.69) is 0 Å². The first-order valence-electron chi connectivity index (χ1n) is 6.56. The Labute approximate surface area is 127 Å². The number of hydrogen-bond acceptors (Lipinski definition) is 2. The second-order valence-electron chi connectivity index (χ2n) is 4.71. The Bertz CT molecular complexity index is 819. The van der Waals surface area contributed by atoms with Crippen LogP contribution in [0.2, 0.25) is 5.02 Å². The van der Waals surface area contributed by atoms with Crippen LogP contribution in [0.4, 0.5) is 0 Å². The van der Waals surface area contributed by atoms with Gasteiger partial charge in [-0.3, -0.25) is 4.79 Å². The van der Waals surface area contributed by atoms with E-state index < -0.39 is 0 Å². The van der Waals surface area contributed by atoms with Gasteiger partial charge in [-0.1, -0.05) is 54.1 Å². The molecule has 3 heteroatoms. The molecule has 0 N–H and O–H groups in total. The first kappa shape index (κ1) is 13.7. The minimum absolute atomic E-state index is 0.0450. The maximum atomic E-state index is 12.7. The molecule has 0 radical (unpaired) electrons. The zero-order valence-corrected chi connectivity index (χ0v) is 12.2. The van der Waals surface area contributed by atoms with E-state index in [0.717, 1.165) is 10.8 Å². The van der Waals surface area contributed by atoms with E-state index in [1.54, 1.807) is 25.3 Å². The number of carbonyl (C=O) groups excluding carboxylic acids is 1. The van der Waals surface area contributed by atoms with Crippen LogP contribution in [-0.4, -0.2) is 12.9 Å². The third-order valence-corrected chi connectivity index (χ3v) is 3.74. The maximum Gasteiger partial charge on any atom is 0.193 e. The first-order valence-corrected chi connectivity index (χ1v) is 6.94. The SMILES string of the molecule is COc1ccc(C(=O)c2cccc3ccccc23)cc1Cl. The number of halogens is 1. The molecule has 0 atom stereocenters. The van der Waals surface area contributed by atoms with Gasteiger partial charge in [0.25, 0.3) is 0 Å². The number of carbonyl (C=O) groups is 1. The van der Waals surface area contributed by atoms with Gasteiger partial charge in [0.1, 0.15) is 5.75 Å². The van der Waals surface area contributed by atoms with Crippen LogP contribution in [0.1, 0.15) is 15.9 Å². The van der Waals surface area contributed by atoms with Gasteiger partial charge in [-0.05, 0) is 29.0 Å². The highest BCUT2D eigenvalue weighted by atomic mass is 35.5. The smallest absolute Gasteiger partial charge is 0.193 e. The van der Waals surface area contributed by atoms with Crippen LogP contribution < -0.4 is 4.74 Å². The molecule has 3 aromatic carbocycles. The molecule has 104 valence electrons. The number of rotatable bonds is 3. The fourth-order valence-corrected chi connectivity index (χ4v) is 2.64. The standard InChI is InChI=1S/C18H13ClO2/c1-21-17-10-9-13(11-16(17)19)18(20)15-8-4-6-12-5-2-3-7-14(12)15/h2-11H,1H3. The van der Waals surface area contributed by atoms with Gasteiger partial charge in [0.05, 0.1) is 12.1 Å². The molecule has 0 aromatic heterocycles. The van der Waals surface area contributed by atoms with Crippen molar-refractivity contribution in [1.29, 1.82) is 0 Å². The number of methoxy groups -OCH3 is 1. The molecular formula is C18H13ClO2. The van der Waals surface area contributed by atoms with E-state index in [9.17, 15) is 4.79 Å². The van der Waals surface area contributed by atoms with E-state index in [4.69, 9.17) is 16.3 Å². The summed E-state index contributed by atoms with van der Waals surface area (Å²) in [7, 11) is 1.55. The van der Waals surface area contributed by atoms with Crippen molar-refractivity contribution in [3.8, 4) is 5.75 Å². The summed E-state index contributed by atoms with van der Waals surface area (Å²) in [6, 6.07) is 18.6. The van der Waals surface area contributed by atoms with Gasteiger partial charge in [-0.15, -0.1) is 0 Å². The number of fused-ring (bicyclic) bond motifs is 1. The second-order valence-corrected chi connectivity index (χ2v) is 5.11. The molecule has 3 aromatic rings. The lowest BCUT2D eigenvalue weighted by Crippen LogP contribution is -2.02. The number of benzene rings is 3. The minimum Gasteiger partial charge on any atom is -0.495 e. The topological polar surface area (TPSA) is 26.3 Å². The summed E-state index contributed by atoms with van der Waals surface area (Å²) >= 11 is 6.10. The lowest BCUT2D eigenvalue weighted by Gasteiger charge is -2.08. The summed E-state index contributed by atoms with van der Waals surface area (Å²) < 4.78 is 5.11. The third kappa shape index (κ3) is 2.50. The molecule has 0 amide bonds. The lowest BCUT2D eigenvalue weighted by atomic mass is 9.97. The van der Waals surface area contributed by atoms with Crippen molar-refractivity contribution < 1.29 is 9.53 Å². The summed E-state index contributed by atoms with van der Waals surface area (Å²) in [6.07, 6.45) is 0. The normalized spacial score (nSPS) is 10.6. The third-order valence-electron chi connectivity index (χ3n) is 3.45. The fourth-order valence-electron chi connectivity index (χ4n) is 2.39. The van der Waals surface area contributed by atoms with Gasteiger partial charge in [0.2, 0.25) is 0 Å². The van der Waals surface area contributed by atoms with Crippen molar-refractivity contribution in [1.82, 2.24) is 0 Å². The Morgan fingerprint density at radius 3 is 2.52 bits per heavy atom. The maximum absolute atomic E-state index is 12.7. The molecule has 0 aliphatic carbocycles.